The van der Waals surface area contributed by atoms with Gasteiger partial charge in [-0.3, -0.25) is 9.59 Å². The number of anilines is 1. The van der Waals surface area contributed by atoms with Crippen LogP contribution in [-0.4, -0.2) is 56.5 Å². The van der Waals surface area contributed by atoms with Crippen molar-refractivity contribution in [2.45, 2.75) is 6.18 Å². The van der Waals surface area contributed by atoms with E-state index in [2.05, 4.69) is 5.32 Å². The maximum Gasteiger partial charge on any atom is 0.416 e. The first-order valence-electron chi connectivity index (χ1n) is 9.40. The van der Waals surface area contributed by atoms with Crippen LogP contribution >= 0.6 is 0 Å². The topological polar surface area (TPSA) is 61.9 Å². The lowest BCUT2D eigenvalue weighted by Crippen LogP contribution is -2.51. The van der Waals surface area contributed by atoms with Gasteiger partial charge in [-0.1, -0.05) is 12.1 Å². The highest BCUT2D eigenvalue weighted by atomic mass is 19.4. The summed E-state index contributed by atoms with van der Waals surface area (Å²) in [6.45, 7) is 1.40. The lowest BCUT2D eigenvalue weighted by Gasteiger charge is -2.36. The van der Waals surface area contributed by atoms with Gasteiger partial charge in [-0.05, 0) is 36.4 Å². The van der Waals surface area contributed by atoms with Crippen LogP contribution in [0.15, 0.2) is 48.5 Å². The molecule has 30 heavy (non-hydrogen) atoms. The zero-order valence-corrected chi connectivity index (χ0v) is 16.4. The second-order valence-corrected chi connectivity index (χ2v) is 6.83. The summed E-state index contributed by atoms with van der Waals surface area (Å²) in [5.41, 5.74) is 0.165. The average molecular weight is 421 g/mol. The van der Waals surface area contributed by atoms with E-state index in [4.69, 9.17) is 4.74 Å². The summed E-state index contributed by atoms with van der Waals surface area (Å²) in [5, 5.41) is 2.59. The molecule has 2 aromatic carbocycles. The molecule has 0 atom stereocenters. The zero-order valence-electron chi connectivity index (χ0n) is 16.4. The van der Waals surface area contributed by atoms with E-state index < -0.39 is 11.7 Å². The van der Waals surface area contributed by atoms with Gasteiger partial charge in [0.05, 0.1) is 19.2 Å². The summed E-state index contributed by atoms with van der Waals surface area (Å²) in [6, 6.07) is 11.8. The molecular weight excluding hydrogens is 399 g/mol. The van der Waals surface area contributed by atoms with Crippen molar-refractivity contribution in [2.75, 3.05) is 44.7 Å². The maximum atomic E-state index is 12.9. The van der Waals surface area contributed by atoms with E-state index >= 15 is 0 Å². The summed E-state index contributed by atoms with van der Waals surface area (Å²) < 4.78 is 43.8. The van der Waals surface area contributed by atoms with Crippen molar-refractivity contribution in [1.29, 1.82) is 0 Å². The lowest BCUT2D eigenvalue weighted by atomic mass is 10.1. The van der Waals surface area contributed by atoms with Gasteiger partial charge in [0.1, 0.15) is 5.75 Å². The molecule has 1 heterocycles. The van der Waals surface area contributed by atoms with Crippen molar-refractivity contribution in [2.24, 2.45) is 0 Å². The molecule has 0 bridgehead atoms. The van der Waals surface area contributed by atoms with Crippen molar-refractivity contribution in [3.8, 4) is 5.75 Å². The summed E-state index contributed by atoms with van der Waals surface area (Å²) in [5.74, 6) is -0.0838. The Morgan fingerprint density at radius 2 is 1.73 bits per heavy atom. The van der Waals surface area contributed by atoms with Crippen molar-refractivity contribution in [3.63, 3.8) is 0 Å². The summed E-state index contributed by atoms with van der Waals surface area (Å²) in [4.78, 5) is 28.0. The highest BCUT2D eigenvalue weighted by Gasteiger charge is 2.31. The molecule has 9 heteroatoms. The van der Waals surface area contributed by atoms with Gasteiger partial charge in [0.2, 0.25) is 5.91 Å². The van der Waals surface area contributed by atoms with E-state index in [1.807, 2.05) is 4.90 Å². The Morgan fingerprint density at radius 1 is 1.03 bits per heavy atom. The number of hydrogen-bond donors (Lipinski definition) is 1. The van der Waals surface area contributed by atoms with Crippen molar-refractivity contribution < 1.29 is 27.5 Å². The van der Waals surface area contributed by atoms with Gasteiger partial charge in [0, 0.05) is 37.4 Å². The Hall–Kier alpha value is -3.23. The number of carbonyl (C=O) groups excluding carboxylic acids is 2. The third kappa shape index (κ3) is 5.22. The molecule has 0 aliphatic carbocycles. The summed E-state index contributed by atoms with van der Waals surface area (Å²) in [7, 11) is 1.50. The number of alkyl halides is 3. The van der Waals surface area contributed by atoms with Crippen LogP contribution in [0.1, 0.15) is 15.9 Å². The Morgan fingerprint density at radius 3 is 2.40 bits per heavy atom. The van der Waals surface area contributed by atoms with Crippen LogP contribution in [0.25, 0.3) is 0 Å². The van der Waals surface area contributed by atoms with Gasteiger partial charge >= 0.3 is 6.18 Å². The van der Waals surface area contributed by atoms with Crippen molar-refractivity contribution in [3.05, 3.63) is 59.7 Å². The molecule has 6 nitrogen and oxygen atoms in total. The SMILES string of the molecule is COc1cccc(C(=O)NCC(=O)N2CCN(c3cccc(C(F)(F)F)c3)CC2)c1. The minimum absolute atomic E-state index is 0.153. The number of carbonyl (C=O) groups is 2. The number of piperazine rings is 1. The minimum Gasteiger partial charge on any atom is -0.497 e. The van der Waals surface area contributed by atoms with Crippen LogP contribution in [0.5, 0.6) is 5.75 Å². The second kappa shape index (κ2) is 9.06. The number of hydrogen-bond acceptors (Lipinski definition) is 4. The number of amides is 2. The summed E-state index contributed by atoms with van der Waals surface area (Å²) in [6.07, 6.45) is -4.39. The van der Waals surface area contributed by atoms with E-state index in [0.29, 0.717) is 43.2 Å². The van der Waals surface area contributed by atoms with E-state index in [0.717, 1.165) is 12.1 Å². The van der Waals surface area contributed by atoms with Gasteiger partial charge in [-0.25, -0.2) is 0 Å². The van der Waals surface area contributed by atoms with Crippen molar-refractivity contribution >= 4 is 17.5 Å². The molecule has 3 rings (SSSR count). The highest BCUT2D eigenvalue weighted by molar-refractivity contribution is 5.96. The monoisotopic (exact) mass is 421 g/mol. The number of nitrogens with one attached hydrogen (secondary N) is 1. The molecule has 1 saturated heterocycles. The number of nitrogens with zero attached hydrogens (tertiary/aromatic N) is 2. The van der Waals surface area contributed by atoms with Crippen LogP contribution in [0.3, 0.4) is 0 Å². The fourth-order valence-corrected chi connectivity index (χ4v) is 3.23. The molecule has 0 spiro atoms. The Bertz CT molecular complexity index is 910. The van der Waals surface area contributed by atoms with Gasteiger partial charge in [0.15, 0.2) is 0 Å². The van der Waals surface area contributed by atoms with Crippen LogP contribution in [0.2, 0.25) is 0 Å². The largest absolute Gasteiger partial charge is 0.497 e. The molecule has 160 valence electrons. The maximum absolute atomic E-state index is 12.9. The number of halogens is 3. The molecule has 1 aliphatic rings. The highest BCUT2D eigenvalue weighted by Crippen LogP contribution is 2.31. The number of methoxy groups -OCH3 is 1. The molecule has 2 aromatic rings. The Balaban J connectivity index is 1.51. The molecule has 2 amide bonds. The normalized spacial score (nSPS) is 14.4. The molecule has 1 N–H and O–H groups in total. The molecule has 1 aliphatic heterocycles. The Kier molecular flexibility index (Phi) is 6.49. The first-order chi connectivity index (χ1) is 14.3. The van der Waals surface area contributed by atoms with E-state index in [-0.39, 0.29) is 18.4 Å². The summed E-state index contributed by atoms with van der Waals surface area (Å²) >= 11 is 0. The van der Waals surface area contributed by atoms with Crippen LogP contribution in [0.4, 0.5) is 18.9 Å². The van der Waals surface area contributed by atoms with E-state index in [1.54, 1.807) is 35.2 Å². The predicted molar refractivity (Wildman–Crippen MR) is 106 cm³/mol. The molecular formula is C21H22F3N3O3. The zero-order chi connectivity index (χ0) is 21.7. The minimum atomic E-state index is -4.39. The first kappa shape index (κ1) is 21.5. The number of benzene rings is 2. The predicted octanol–water partition coefficient (Wildman–Crippen LogP) is 2.79. The van der Waals surface area contributed by atoms with Crippen LogP contribution < -0.4 is 15.0 Å². The van der Waals surface area contributed by atoms with Crippen molar-refractivity contribution in [1.82, 2.24) is 10.2 Å². The first-order valence-corrected chi connectivity index (χ1v) is 9.40. The average Bonchev–Trinajstić information content (AvgIpc) is 2.77. The molecule has 0 saturated carbocycles. The molecule has 0 unspecified atom stereocenters. The molecule has 0 radical (unpaired) electrons. The smallest absolute Gasteiger partial charge is 0.416 e. The Labute approximate surface area is 172 Å². The number of rotatable bonds is 5. The van der Waals surface area contributed by atoms with Gasteiger partial charge in [0.25, 0.3) is 5.91 Å². The van der Waals surface area contributed by atoms with E-state index in [9.17, 15) is 22.8 Å². The van der Waals surface area contributed by atoms with Gasteiger partial charge in [-0.15, -0.1) is 0 Å². The molecule has 1 fully saturated rings. The third-order valence-corrected chi connectivity index (χ3v) is 4.90. The van der Waals surface area contributed by atoms with Crippen LogP contribution in [0, 0.1) is 0 Å². The quantitative estimate of drug-likeness (QED) is 0.807. The van der Waals surface area contributed by atoms with Gasteiger partial charge < -0.3 is 19.9 Å². The fourth-order valence-electron chi connectivity index (χ4n) is 3.23. The number of ether oxygens (including phenoxy) is 1. The van der Waals surface area contributed by atoms with E-state index in [1.165, 1.54) is 13.2 Å². The van der Waals surface area contributed by atoms with Crippen LogP contribution in [-0.2, 0) is 11.0 Å². The standard InChI is InChI=1S/C21H22F3N3O3/c1-30-18-7-2-4-15(12-18)20(29)25-14-19(28)27-10-8-26(9-11-27)17-6-3-5-16(13-17)21(22,23)24/h2-7,12-13H,8-11,14H2,1H3,(H,25,29). The van der Waals surface area contributed by atoms with Gasteiger partial charge in [-0.2, -0.15) is 13.2 Å². The second-order valence-electron chi connectivity index (χ2n) is 6.83. The molecule has 0 aromatic heterocycles. The lowest BCUT2D eigenvalue weighted by molar-refractivity contribution is -0.137. The third-order valence-electron chi connectivity index (χ3n) is 4.90. The fraction of sp³-hybridized carbons (Fsp3) is 0.333.